The van der Waals surface area contributed by atoms with E-state index in [-0.39, 0.29) is 11.2 Å². The van der Waals surface area contributed by atoms with E-state index in [1.165, 1.54) is 0 Å². The maximum atomic E-state index is 11.8. The average molecular weight is 380 g/mol. The quantitative estimate of drug-likeness (QED) is 0.817. The number of hydrogen-bond acceptors (Lipinski definition) is 4. The number of carboxylic acids is 1. The molecule has 5 nitrogen and oxygen atoms in total. The van der Waals surface area contributed by atoms with Gasteiger partial charge < -0.3 is 15.2 Å². The molecule has 25 heavy (non-hydrogen) atoms. The highest BCUT2D eigenvalue weighted by molar-refractivity contribution is 8.00. The molecular formula is C18H18ClNO4S. The molecule has 132 valence electrons. The Morgan fingerprint density at radius 3 is 2.72 bits per heavy atom. The first-order valence-electron chi connectivity index (χ1n) is 7.45. The first kappa shape index (κ1) is 19.1. The van der Waals surface area contributed by atoms with E-state index in [0.29, 0.717) is 10.8 Å². The standard InChI is InChI=1S/C16H14ClNO2S.C2H4O2/c1-20-12-4-2-3-10(7-12)16-13-8-11(17)5-6-14(13)18-15(19)9-21-16;1-2(3)4/h2-8,16H,9H2,1H3,(H,18,19);1H3,(H,3,4)/t16-;/m1./s1. The van der Waals surface area contributed by atoms with Crippen LogP contribution in [0.3, 0.4) is 0 Å². The van der Waals surface area contributed by atoms with Gasteiger partial charge in [-0.3, -0.25) is 9.59 Å². The Morgan fingerprint density at radius 2 is 2.04 bits per heavy atom. The fourth-order valence-electron chi connectivity index (χ4n) is 2.38. The zero-order valence-corrected chi connectivity index (χ0v) is 15.4. The van der Waals surface area contributed by atoms with Gasteiger partial charge in [-0.15, -0.1) is 11.8 Å². The summed E-state index contributed by atoms with van der Waals surface area (Å²) in [5, 5.41) is 11.1. The van der Waals surface area contributed by atoms with Gasteiger partial charge in [-0.05, 0) is 41.5 Å². The summed E-state index contributed by atoms with van der Waals surface area (Å²) in [6, 6.07) is 13.5. The van der Waals surface area contributed by atoms with E-state index in [2.05, 4.69) is 5.32 Å². The van der Waals surface area contributed by atoms with Gasteiger partial charge in [0.2, 0.25) is 5.91 Å². The van der Waals surface area contributed by atoms with Crippen molar-refractivity contribution in [3.8, 4) is 5.75 Å². The summed E-state index contributed by atoms with van der Waals surface area (Å²) in [6.07, 6.45) is 0. The fourth-order valence-corrected chi connectivity index (χ4v) is 3.66. The second-order valence-electron chi connectivity index (χ2n) is 5.27. The number of carboxylic acid groups (broad SMARTS) is 1. The zero-order chi connectivity index (χ0) is 18.4. The molecule has 0 aliphatic carbocycles. The highest BCUT2D eigenvalue weighted by Crippen LogP contribution is 2.42. The number of ether oxygens (including phenoxy) is 1. The predicted molar refractivity (Wildman–Crippen MR) is 101 cm³/mol. The summed E-state index contributed by atoms with van der Waals surface area (Å²) < 4.78 is 5.29. The fraction of sp³-hybridized carbons (Fsp3) is 0.222. The van der Waals surface area contributed by atoms with Crippen molar-refractivity contribution in [3.63, 3.8) is 0 Å². The van der Waals surface area contributed by atoms with Crippen molar-refractivity contribution in [2.75, 3.05) is 18.2 Å². The molecule has 1 aliphatic rings. The van der Waals surface area contributed by atoms with Crippen molar-refractivity contribution in [1.29, 1.82) is 0 Å². The number of thioether (sulfide) groups is 1. The largest absolute Gasteiger partial charge is 0.497 e. The van der Waals surface area contributed by atoms with Crippen molar-refractivity contribution in [3.05, 3.63) is 58.6 Å². The molecule has 0 saturated heterocycles. The molecule has 0 radical (unpaired) electrons. The summed E-state index contributed by atoms with van der Waals surface area (Å²) in [6.45, 7) is 1.08. The van der Waals surface area contributed by atoms with E-state index in [4.69, 9.17) is 26.2 Å². The number of carbonyl (C=O) groups is 2. The Balaban J connectivity index is 0.000000511. The SMILES string of the molecule is CC(=O)O.COc1cccc([C@H]2SCC(=O)Nc3ccc(Cl)cc32)c1. The van der Waals surface area contributed by atoms with Gasteiger partial charge in [-0.2, -0.15) is 0 Å². The Bertz CT molecular complexity index is 777. The number of aliphatic carboxylic acids is 1. The Morgan fingerprint density at radius 1 is 1.32 bits per heavy atom. The second-order valence-corrected chi connectivity index (χ2v) is 6.80. The number of halogens is 1. The summed E-state index contributed by atoms with van der Waals surface area (Å²) >= 11 is 7.72. The Hall–Kier alpha value is -2.18. The minimum atomic E-state index is -0.833. The van der Waals surface area contributed by atoms with E-state index in [1.54, 1.807) is 24.9 Å². The lowest BCUT2D eigenvalue weighted by atomic mass is 10.0. The summed E-state index contributed by atoms with van der Waals surface area (Å²) in [4.78, 5) is 20.8. The van der Waals surface area contributed by atoms with E-state index in [9.17, 15) is 4.79 Å². The van der Waals surface area contributed by atoms with Gasteiger partial charge >= 0.3 is 0 Å². The molecule has 7 heteroatoms. The average Bonchev–Trinajstić information content (AvgIpc) is 2.72. The van der Waals surface area contributed by atoms with Gasteiger partial charge in [-0.25, -0.2) is 0 Å². The lowest BCUT2D eigenvalue weighted by molar-refractivity contribution is -0.134. The number of benzene rings is 2. The lowest BCUT2D eigenvalue weighted by Crippen LogP contribution is -2.12. The number of hydrogen-bond donors (Lipinski definition) is 2. The summed E-state index contributed by atoms with van der Waals surface area (Å²) in [7, 11) is 1.65. The minimum absolute atomic E-state index is 0.00830. The van der Waals surface area contributed by atoms with Crippen molar-refractivity contribution in [2.45, 2.75) is 12.2 Å². The van der Waals surface area contributed by atoms with Gasteiger partial charge in [0.15, 0.2) is 0 Å². The molecule has 0 fully saturated rings. The van der Waals surface area contributed by atoms with Crippen molar-refractivity contribution in [2.24, 2.45) is 0 Å². The maximum Gasteiger partial charge on any atom is 0.300 e. The van der Waals surface area contributed by atoms with Gasteiger partial charge in [0.25, 0.3) is 5.97 Å². The van der Waals surface area contributed by atoms with Crippen LogP contribution < -0.4 is 10.1 Å². The number of fused-ring (bicyclic) bond motifs is 1. The van der Waals surface area contributed by atoms with E-state index in [0.717, 1.165) is 29.5 Å². The highest BCUT2D eigenvalue weighted by Gasteiger charge is 2.24. The van der Waals surface area contributed by atoms with E-state index in [1.807, 2.05) is 36.4 Å². The number of anilines is 1. The summed E-state index contributed by atoms with van der Waals surface area (Å²) in [5.41, 5.74) is 2.94. The van der Waals surface area contributed by atoms with Gasteiger partial charge in [-0.1, -0.05) is 23.7 Å². The van der Waals surface area contributed by atoms with Gasteiger partial charge in [0, 0.05) is 17.6 Å². The van der Waals surface area contributed by atoms with Crippen LogP contribution in [0.2, 0.25) is 5.02 Å². The molecule has 0 unspecified atom stereocenters. The van der Waals surface area contributed by atoms with Crippen LogP contribution in [0.4, 0.5) is 5.69 Å². The minimum Gasteiger partial charge on any atom is -0.497 e. The summed E-state index contributed by atoms with van der Waals surface area (Å²) in [5.74, 6) is 0.392. The molecule has 1 atom stereocenters. The Kier molecular flexibility index (Phi) is 6.73. The number of rotatable bonds is 2. The number of amides is 1. The van der Waals surface area contributed by atoms with Crippen LogP contribution in [0.5, 0.6) is 5.75 Å². The maximum absolute atomic E-state index is 11.8. The third kappa shape index (κ3) is 5.41. The molecule has 1 amide bonds. The third-order valence-electron chi connectivity index (χ3n) is 3.35. The third-order valence-corrected chi connectivity index (χ3v) is 4.87. The van der Waals surface area contributed by atoms with Crippen LogP contribution >= 0.6 is 23.4 Å². The van der Waals surface area contributed by atoms with Gasteiger partial charge in [0.1, 0.15) is 5.75 Å². The van der Waals surface area contributed by atoms with Crippen LogP contribution in [0.25, 0.3) is 0 Å². The van der Waals surface area contributed by atoms with Crippen LogP contribution in [0, 0.1) is 0 Å². The van der Waals surface area contributed by atoms with Gasteiger partial charge in [0.05, 0.1) is 18.1 Å². The second kappa shape index (κ2) is 8.78. The number of carbonyl (C=O) groups excluding carboxylic acids is 1. The first-order valence-corrected chi connectivity index (χ1v) is 8.87. The molecule has 0 aromatic heterocycles. The molecule has 0 saturated carbocycles. The number of methoxy groups -OCH3 is 1. The molecule has 2 aromatic carbocycles. The van der Waals surface area contributed by atoms with Crippen molar-refractivity contribution >= 4 is 40.9 Å². The van der Waals surface area contributed by atoms with Crippen LogP contribution in [0.15, 0.2) is 42.5 Å². The topological polar surface area (TPSA) is 75.6 Å². The lowest BCUT2D eigenvalue weighted by Gasteiger charge is -2.18. The zero-order valence-electron chi connectivity index (χ0n) is 13.8. The molecule has 2 N–H and O–H groups in total. The normalized spacial score (nSPS) is 15.8. The highest BCUT2D eigenvalue weighted by atomic mass is 35.5. The molecule has 0 spiro atoms. The molecule has 0 bridgehead atoms. The van der Waals surface area contributed by atoms with Crippen molar-refractivity contribution < 1.29 is 19.4 Å². The number of nitrogens with one attached hydrogen (secondary N) is 1. The Labute approximate surface area is 155 Å². The first-order chi connectivity index (χ1) is 11.9. The monoisotopic (exact) mass is 379 g/mol. The van der Waals surface area contributed by atoms with Crippen molar-refractivity contribution in [1.82, 2.24) is 0 Å². The molecule has 2 aromatic rings. The smallest absolute Gasteiger partial charge is 0.300 e. The molecule has 1 heterocycles. The van der Waals surface area contributed by atoms with E-state index < -0.39 is 5.97 Å². The van der Waals surface area contributed by atoms with Crippen LogP contribution in [-0.2, 0) is 9.59 Å². The predicted octanol–water partition coefficient (Wildman–Crippen LogP) is 4.21. The van der Waals surface area contributed by atoms with Crippen LogP contribution in [-0.4, -0.2) is 29.8 Å². The molecule has 1 aliphatic heterocycles. The van der Waals surface area contributed by atoms with E-state index >= 15 is 0 Å². The van der Waals surface area contributed by atoms with Crippen LogP contribution in [0.1, 0.15) is 23.3 Å². The molecular weight excluding hydrogens is 362 g/mol. The molecule has 3 rings (SSSR count).